The number of ether oxygens (including phenoxy) is 2. The summed E-state index contributed by atoms with van der Waals surface area (Å²) in [7, 11) is 1.59. The average Bonchev–Trinajstić information content (AvgIpc) is 2.53. The van der Waals surface area contributed by atoms with Crippen LogP contribution < -0.4 is 14.9 Å². The second kappa shape index (κ2) is 8.05. The molecule has 2 rings (SSSR count). The van der Waals surface area contributed by atoms with Crippen LogP contribution in [0.1, 0.15) is 5.56 Å². The fourth-order valence-electron chi connectivity index (χ4n) is 1.64. The van der Waals surface area contributed by atoms with Gasteiger partial charge < -0.3 is 9.47 Å². The second-order valence-electron chi connectivity index (χ2n) is 4.32. The minimum absolute atomic E-state index is 0.143. The third kappa shape index (κ3) is 5.10. The number of nitrogens with zero attached hydrogens (tertiary/aromatic N) is 1. The number of halogens is 1. The highest BCUT2D eigenvalue weighted by molar-refractivity contribution is 6.30. The lowest BCUT2D eigenvalue weighted by molar-refractivity contribution is -0.123. The van der Waals surface area contributed by atoms with E-state index >= 15 is 0 Å². The van der Waals surface area contributed by atoms with Crippen molar-refractivity contribution in [2.45, 2.75) is 0 Å². The first-order valence-corrected chi connectivity index (χ1v) is 6.89. The van der Waals surface area contributed by atoms with Crippen molar-refractivity contribution in [2.24, 2.45) is 5.10 Å². The molecule has 0 unspecified atom stereocenters. The smallest absolute Gasteiger partial charge is 0.277 e. The standard InChI is InChI=1S/C16H15ClN2O3/c1-21-14-6-2-4-12(8-14)10-18-19-16(20)11-22-15-7-3-5-13(17)9-15/h2-10H,11H2,1H3,(H,19,20). The van der Waals surface area contributed by atoms with E-state index in [4.69, 9.17) is 21.1 Å². The number of hydrogen-bond donors (Lipinski definition) is 1. The molecule has 0 spiro atoms. The van der Waals surface area contributed by atoms with Gasteiger partial charge in [-0.05, 0) is 35.9 Å². The van der Waals surface area contributed by atoms with E-state index in [9.17, 15) is 4.79 Å². The number of nitrogens with one attached hydrogen (secondary N) is 1. The molecule has 2 aromatic rings. The van der Waals surface area contributed by atoms with Gasteiger partial charge in [0.15, 0.2) is 6.61 Å². The molecule has 1 amide bonds. The molecule has 0 radical (unpaired) electrons. The maximum Gasteiger partial charge on any atom is 0.277 e. The molecular weight excluding hydrogens is 304 g/mol. The van der Waals surface area contributed by atoms with Crippen LogP contribution in [0.5, 0.6) is 11.5 Å². The van der Waals surface area contributed by atoms with Gasteiger partial charge in [0.25, 0.3) is 5.91 Å². The fourth-order valence-corrected chi connectivity index (χ4v) is 1.82. The quantitative estimate of drug-likeness (QED) is 0.658. The van der Waals surface area contributed by atoms with Crippen LogP contribution >= 0.6 is 11.6 Å². The van der Waals surface area contributed by atoms with E-state index < -0.39 is 0 Å². The molecule has 0 fully saturated rings. The zero-order chi connectivity index (χ0) is 15.8. The number of carbonyl (C=O) groups is 1. The van der Waals surface area contributed by atoms with Crippen molar-refractivity contribution in [3.8, 4) is 11.5 Å². The van der Waals surface area contributed by atoms with Crippen LogP contribution in [-0.2, 0) is 4.79 Å². The SMILES string of the molecule is COc1cccc(C=NNC(=O)COc2cccc(Cl)c2)c1. The summed E-state index contributed by atoms with van der Waals surface area (Å²) < 4.78 is 10.4. The number of benzene rings is 2. The summed E-state index contributed by atoms with van der Waals surface area (Å²) in [6.45, 7) is -0.143. The molecule has 5 nitrogen and oxygen atoms in total. The summed E-state index contributed by atoms with van der Waals surface area (Å²) in [4.78, 5) is 11.6. The fraction of sp³-hybridized carbons (Fsp3) is 0.125. The number of carbonyl (C=O) groups excluding carboxylic acids is 1. The molecule has 0 aromatic heterocycles. The summed E-state index contributed by atoms with van der Waals surface area (Å²) in [5.74, 6) is 0.887. The number of hydrazone groups is 1. The van der Waals surface area contributed by atoms with E-state index in [1.165, 1.54) is 6.21 Å². The van der Waals surface area contributed by atoms with Crippen LogP contribution in [0.25, 0.3) is 0 Å². The molecule has 0 saturated carbocycles. The van der Waals surface area contributed by atoms with Crippen molar-refractivity contribution >= 4 is 23.7 Å². The molecule has 0 heterocycles. The van der Waals surface area contributed by atoms with Crippen LogP contribution in [-0.4, -0.2) is 25.8 Å². The van der Waals surface area contributed by atoms with E-state index in [2.05, 4.69) is 10.5 Å². The van der Waals surface area contributed by atoms with Crippen LogP contribution in [0.2, 0.25) is 5.02 Å². The van der Waals surface area contributed by atoms with Gasteiger partial charge in [-0.25, -0.2) is 5.43 Å². The maximum absolute atomic E-state index is 11.6. The lowest BCUT2D eigenvalue weighted by Gasteiger charge is -2.05. The van der Waals surface area contributed by atoms with Crippen molar-refractivity contribution in [3.05, 3.63) is 59.1 Å². The average molecular weight is 319 g/mol. The number of amides is 1. The monoisotopic (exact) mass is 318 g/mol. The zero-order valence-corrected chi connectivity index (χ0v) is 12.7. The highest BCUT2D eigenvalue weighted by atomic mass is 35.5. The van der Waals surface area contributed by atoms with Crippen molar-refractivity contribution in [2.75, 3.05) is 13.7 Å². The van der Waals surface area contributed by atoms with Crippen LogP contribution in [0.3, 0.4) is 0 Å². The molecular formula is C16H15ClN2O3. The van der Waals surface area contributed by atoms with Gasteiger partial charge in [0.2, 0.25) is 0 Å². The Labute approximate surface area is 133 Å². The summed E-state index contributed by atoms with van der Waals surface area (Å²) >= 11 is 5.82. The van der Waals surface area contributed by atoms with Gasteiger partial charge in [0, 0.05) is 5.02 Å². The van der Waals surface area contributed by atoms with Gasteiger partial charge in [-0.15, -0.1) is 0 Å². The lowest BCUT2D eigenvalue weighted by atomic mass is 10.2. The van der Waals surface area contributed by atoms with Gasteiger partial charge in [-0.2, -0.15) is 5.10 Å². The Morgan fingerprint density at radius 1 is 1.23 bits per heavy atom. The van der Waals surface area contributed by atoms with E-state index in [1.54, 1.807) is 37.4 Å². The minimum atomic E-state index is -0.362. The Hall–Kier alpha value is -2.53. The van der Waals surface area contributed by atoms with Gasteiger partial charge in [-0.1, -0.05) is 29.8 Å². The first-order valence-electron chi connectivity index (χ1n) is 6.52. The molecule has 114 valence electrons. The minimum Gasteiger partial charge on any atom is -0.497 e. The van der Waals surface area contributed by atoms with Crippen molar-refractivity contribution < 1.29 is 14.3 Å². The molecule has 0 aliphatic carbocycles. The largest absolute Gasteiger partial charge is 0.497 e. The highest BCUT2D eigenvalue weighted by Gasteiger charge is 2.01. The van der Waals surface area contributed by atoms with Crippen LogP contribution in [0.15, 0.2) is 53.6 Å². The predicted octanol–water partition coefficient (Wildman–Crippen LogP) is 2.88. The first-order chi connectivity index (χ1) is 10.7. The van der Waals surface area contributed by atoms with E-state index in [0.29, 0.717) is 10.8 Å². The molecule has 0 atom stereocenters. The molecule has 1 N–H and O–H groups in total. The predicted molar refractivity (Wildman–Crippen MR) is 85.7 cm³/mol. The Morgan fingerprint density at radius 3 is 2.77 bits per heavy atom. The molecule has 0 bridgehead atoms. The van der Waals surface area contributed by atoms with Crippen molar-refractivity contribution in [3.63, 3.8) is 0 Å². The Morgan fingerprint density at radius 2 is 2.00 bits per heavy atom. The number of rotatable bonds is 6. The lowest BCUT2D eigenvalue weighted by Crippen LogP contribution is -2.24. The van der Waals surface area contributed by atoms with Crippen molar-refractivity contribution in [1.82, 2.24) is 5.43 Å². The number of methoxy groups -OCH3 is 1. The van der Waals surface area contributed by atoms with Crippen LogP contribution in [0, 0.1) is 0 Å². The third-order valence-corrected chi connectivity index (χ3v) is 2.90. The van der Waals surface area contributed by atoms with Gasteiger partial charge in [0.05, 0.1) is 13.3 Å². The van der Waals surface area contributed by atoms with Gasteiger partial charge >= 0.3 is 0 Å². The summed E-state index contributed by atoms with van der Waals surface area (Å²) in [5, 5.41) is 4.41. The topological polar surface area (TPSA) is 59.9 Å². The first kappa shape index (κ1) is 15.9. The molecule has 2 aromatic carbocycles. The van der Waals surface area contributed by atoms with E-state index in [0.717, 1.165) is 11.3 Å². The normalized spacial score (nSPS) is 10.5. The molecule has 6 heteroatoms. The zero-order valence-electron chi connectivity index (χ0n) is 12.0. The molecule has 0 aliphatic heterocycles. The van der Waals surface area contributed by atoms with E-state index in [1.807, 2.05) is 18.2 Å². The van der Waals surface area contributed by atoms with Gasteiger partial charge in [-0.3, -0.25) is 4.79 Å². The van der Waals surface area contributed by atoms with Crippen molar-refractivity contribution in [1.29, 1.82) is 0 Å². The summed E-state index contributed by atoms with van der Waals surface area (Å²) in [6.07, 6.45) is 1.53. The third-order valence-electron chi connectivity index (χ3n) is 2.66. The Bertz CT molecular complexity index is 674. The Balaban J connectivity index is 1.81. The van der Waals surface area contributed by atoms with Crippen LogP contribution in [0.4, 0.5) is 0 Å². The summed E-state index contributed by atoms with van der Waals surface area (Å²) in [5.41, 5.74) is 3.20. The molecule has 0 saturated heterocycles. The highest BCUT2D eigenvalue weighted by Crippen LogP contribution is 2.16. The number of hydrogen-bond acceptors (Lipinski definition) is 4. The van der Waals surface area contributed by atoms with E-state index in [-0.39, 0.29) is 12.5 Å². The Kier molecular flexibility index (Phi) is 5.80. The summed E-state index contributed by atoms with van der Waals surface area (Å²) in [6, 6.07) is 14.1. The maximum atomic E-state index is 11.6. The van der Waals surface area contributed by atoms with Gasteiger partial charge in [0.1, 0.15) is 11.5 Å². The second-order valence-corrected chi connectivity index (χ2v) is 4.75. The molecule has 22 heavy (non-hydrogen) atoms. The molecule has 0 aliphatic rings.